The molecule has 3 N–H and O–H groups in total. The van der Waals surface area contributed by atoms with E-state index in [9.17, 15) is 9.59 Å². The predicted octanol–water partition coefficient (Wildman–Crippen LogP) is 2.40. The highest BCUT2D eigenvalue weighted by Crippen LogP contribution is 2.22. The van der Waals surface area contributed by atoms with Crippen molar-refractivity contribution in [3.63, 3.8) is 0 Å². The lowest BCUT2D eigenvalue weighted by molar-refractivity contribution is 0.0842. The van der Waals surface area contributed by atoms with E-state index >= 15 is 0 Å². The predicted molar refractivity (Wildman–Crippen MR) is 78.7 cm³/mol. The topological polar surface area (TPSA) is 83.2 Å². The average molecular weight is 328 g/mol. The van der Waals surface area contributed by atoms with Crippen molar-refractivity contribution in [2.45, 2.75) is 0 Å². The number of halogens is 2. The SMILES string of the molecule is COc1cc(Cl)ccc1C(=O)NNC(=O)c1cc(Cl)c[nH]1. The van der Waals surface area contributed by atoms with Crippen molar-refractivity contribution in [2.75, 3.05) is 7.11 Å². The van der Waals surface area contributed by atoms with Crippen molar-refractivity contribution in [2.24, 2.45) is 0 Å². The molecule has 6 nitrogen and oxygen atoms in total. The zero-order chi connectivity index (χ0) is 15.4. The number of hydrogen-bond acceptors (Lipinski definition) is 3. The van der Waals surface area contributed by atoms with Crippen LogP contribution < -0.4 is 15.6 Å². The van der Waals surface area contributed by atoms with E-state index < -0.39 is 11.8 Å². The van der Waals surface area contributed by atoms with Crippen molar-refractivity contribution in [3.8, 4) is 5.75 Å². The van der Waals surface area contributed by atoms with Crippen LogP contribution in [-0.4, -0.2) is 23.9 Å². The molecule has 1 aromatic carbocycles. The molecule has 0 saturated heterocycles. The van der Waals surface area contributed by atoms with E-state index in [1.807, 2.05) is 0 Å². The lowest BCUT2D eigenvalue weighted by atomic mass is 10.2. The van der Waals surface area contributed by atoms with E-state index in [-0.39, 0.29) is 11.3 Å². The highest BCUT2D eigenvalue weighted by atomic mass is 35.5. The highest BCUT2D eigenvalue weighted by molar-refractivity contribution is 6.31. The number of aromatic nitrogens is 1. The Hall–Kier alpha value is -2.18. The fraction of sp³-hybridized carbons (Fsp3) is 0.0769. The van der Waals surface area contributed by atoms with Crippen LogP contribution in [0.3, 0.4) is 0 Å². The van der Waals surface area contributed by atoms with Gasteiger partial charge in [-0.15, -0.1) is 0 Å². The molecule has 0 bridgehead atoms. The van der Waals surface area contributed by atoms with Gasteiger partial charge in [0.15, 0.2) is 0 Å². The van der Waals surface area contributed by atoms with Crippen LogP contribution in [-0.2, 0) is 0 Å². The first-order valence-corrected chi connectivity index (χ1v) is 6.55. The number of carbonyl (C=O) groups is 2. The van der Waals surface area contributed by atoms with E-state index in [0.29, 0.717) is 15.8 Å². The van der Waals surface area contributed by atoms with Crippen LogP contribution >= 0.6 is 23.2 Å². The van der Waals surface area contributed by atoms with Gasteiger partial charge in [-0.05, 0) is 24.3 Å². The van der Waals surface area contributed by atoms with Crippen molar-refractivity contribution < 1.29 is 14.3 Å². The van der Waals surface area contributed by atoms with Crippen LogP contribution in [0.25, 0.3) is 0 Å². The molecule has 0 fully saturated rings. The molecule has 0 saturated carbocycles. The first-order valence-electron chi connectivity index (χ1n) is 5.79. The standard InChI is InChI=1S/C13H11Cl2N3O3/c1-21-11-5-7(14)2-3-9(11)12(19)17-18-13(20)10-4-8(15)6-16-10/h2-6,16H,1H3,(H,17,19)(H,18,20). The Labute approximate surface area is 130 Å². The summed E-state index contributed by atoms with van der Waals surface area (Å²) >= 11 is 11.5. The van der Waals surface area contributed by atoms with Gasteiger partial charge in [-0.25, -0.2) is 0 Å². The molecular formula is C13H11Cl2N3O3. The minimum Gasteiger partial charge on any atom is -0.496 e. The van der Waals surface area contributed by atoms with Crippen LogP contribution in [0.4, 0.5) is 0 Å². The first-order chi connectivity index (χ1) is 10.0. The summed E-state index contributed by atoms with van der Waals surface area (Å²) in [5.74, 6) is -0.755. The van der Waals surface area contributed by atoms with Crippen molar-refractivity contribution >= 4 is 35.0 Å². The van der Waals surface area contributed by atoms with Crippen LogP contribution in [0.15, 0.2) is 30.5 Å². The van der Waals surface area contributed by atoms with Gasteiger partial charge in [0, 0.05) is 11.2 Å². The molecule has 1 aromatic heterocycles. The lowest BCUT2D eigenvalue weighted by Gasteiger charge is -2.10. The summed E-state index contributed by atoms with van der Waals surface area (Å²) in [5, 5.41) is 0.833. The Morgan fingerprint density at radius 3 is 2.43 bits per heavy atom. The summed E-state index contributed by atoms with van der Waals surface area (Å²) in [4.78, 5) is 26.4. The van der Waals surface area contributed by atoms with Gasteiger partial charge in [-0.3, -0.25) is 20.4 Å². The largest absolute Gasteiger partial charge is 0.496 e. The van der Waals surface area contributed by atoms with Gasteiger partial charge in [-0.2, -0.15) is 0 Å². The molecule has 0 unspecified atom stereocenters. The molecule has 1 heterocycles. The monoisotopic (exact) mass is 327 g/mol. The molecule has 2 aromatic rings. The minimum absolute atomic E-state index is 0.225. The quantitative estimate of drug-likeness (QED) is 0.757. The van der Waals surface area contributed by atoms with E-state index in [1.165, 1.54) is 31.5 Å². The number of aromatic amines is 1. The Kier molecular flexibility index (Phi) is 4.72. The summed E-state index contributed by atoms with van der Waals surface area (Å²) in [6.45, 7) is 0. The number of benzene rings is 1. The zero-order valence-electron chi connectivity index (χ0n) is 10.9. The summed E-state index contributed by atoms with van der Waals surface area (Å²) in [5.41, 5.74) is 5.00. The summed E-state index contributed by atoms with van der Waals surface area (Å²) in [6.07, 6.45) is 1.46. The maximum Gasteiger partial charge on any atom is 0.286 e. The van der Waals surface area contributed by atoms with E-state index in [4.69, 9.17) is 27.9 Å². The third kappa shape index (κ3) is 3.68. The molecule has 21 heavy (non-hydrogen) atoms. The number of hydrogen-bond donors (Lipinski definition) is 3. The molecule has 0 spiro atoms. The molecule has 2 amide bonds. The fourth-order valence-corrected chi connectivity index (χ4v) is 1.93. The van der Waals surface area contributed by atoms with Crippen LogP contribution in [0.1, 0.15) is 20.8 Å². The highest BCUT2D eigenvalue weighted by Gasteiger charge is 2.14. The van der Waals surface area contributed by atoms with Crippen molar-refractivity contribution in [3.05, 3.63) is 51.8 Å². The van der Waals surface area contributed by atoms with Crippen molar-refractivity contribution in [1.29, 1.82) is 0 Å². The second-order valence-electron chi connectivity index (χ2n) is 3.98. The maximum absolute atomic E-state index is 12.0. The Bertz CT molecular complexity index is 685. The summed E-state index contributed by atoms with van der Waals surface area (Å²) in [6, 6.07) is 5.98. The zero-order valence-corrected chi connectivity index (χ0v) is 12.4. The molecular weight excluding hydrogens is 317 g/mol. The number of ether oxygens (including phenoxy) is 1. The second-order valence-corrected chi connectivity index (χ2v) is 4.86. The van der Waals surface area contributed by atoms with Gasteiger partial charge in [0.1, 0.15) is 11.4 Å². The summed E-state index contributed by atoms with van der Waals surface area (Å²) in [7, 11) is 1.42. The molecule has 0 aliphatic rings. The Morgan fingerprint density at radius 2 is 1.81 bits per heavy atom. The number of amides is 2. The number of hydrazine groups is 1. The lowest BCUT2D eigenvalue weighted by Crippen LogP contribution is -2.41. The molecule has 0 atom stereocenters. The van der Waals surface area contributed by atoms with Gasteiger partial charge in [0.05, 0.1) is 17.7 Å². The van der Waals surface area contributed by atoms with Crippen LogP contribution in [0, 0.1) is 0 Å². The number of carbonyl (C=O) groups excluding carboxylic acids is 2. The Balaban J connectivity index is 2.03. The van der Waals surface area contributed by atoms with Gasteiger partial charge in [-0.1, -0.05) is 23.2 Å². The normalized spacial score (nSPS) is 10.0. The van der Waals surface area contributed by atoms with Gasteiger partial charge in [0.2, 0.25) is 0 Å². The number of methoxy groups -OCH3 is 1. The average Bonchev–Trinajstić information content (AvgIpc) is 2.90. The smallest absolute Gasteiger partial charge is 0.286 e. The van der Waals surface area contributed by atoms with E-state index in [2.05, 4.69) is 15.8 Å². The second kappa shape index (κ2) is 6.51. The fourth-order valence-electron chi connectivity index (χ4n) is 1.60. The maximum atomic E-state index is 12.0. The van der Waals surface area contributed by atoms with Gasteiger partial charge in [0.25, 0.3) is 11.8 Å². The molecule has 8 heteroatoms. The number of rotatable bonds is 3. The van der Waals surface area contributed by atoms with Crippen LogP contribution in [0.5, 0.6) is 5.75 Å². The third-order valence-corrected chi connectivity index (χ3v) is 3.04. The van der Waals surface area contributed by atoms with Gasteiger partial charge >= 0.3 is 0 Å². The van der Waals surface area contributed by atoms with E-state index in [0.717, 1.165) is 0 Å². The molecule has 0 aliphatic carbocycles. The van der Waals surface area contributed by atoms with E-state index in [1.54, 1.807) is 6.07 Å². The third-order valence-electron chi connectivity index (χ3n) is 2.59. The summed E-state index contributed by atoms with van der Waals surface area (Å²) < 4.78 is 5.06. The van der Waals surface area contributed by atoms with Crippen LogP contribution in [0.2, 0.25) is 10.0 Å². The number of nitrogens with one attached hydrogen (secondary N) is 3. The Morgan fingerprint density at radius 1 is 1.10 bits per heavy atom. The molecule has 110 valence electrons. The minimum atomic E-state index is -0.533. The first kappa shape index (κ1) is 15.2. The number of H-pyrrole nitrogens is 1. The molecule has 2 rings (SSSR count). The van der Waals surface area contributed by atoms with Crippen molar-refractivity contribution in [1.82, 2.24) is 15.8 Å². The molecule has 0 aliphatic heterocycles. The molecule has 0 radical (unpaired) electrons. The van der Waals surface area contributed by atoms with Gasteiger partial charge < -0.3 is 9.72 Å².